The van der Waals surface area contributed by atoms with Crippen molar-refractivity contribution >= 4 is 41.7 Å². The highest BCUT2D eigenvalue weighted by molar-refractivity contribution is 14.2. The normalized spacial score (nSPS) is 12.4. The number of halogens is 1. The van der Waals surface area contributed by atoms with E-state index < -0.39 is 56.2 Å². The molecular weight excluding hydrogens is 527 g/mol. The standard InChI is InChI=1S/C19H21IN2O7S/c1-12-3-5-14(6-4-12)9-10-21-18(23)13(2)22-19(24)15-7-8-16(20(25)26)17(11-15)30(27,28)29/h3-8,11,13H,9-10H2,1-2H3,(H,21,23)(H,22,24)(H,27,28,29)/t13-/m1/s1. The van der Waals surface area contributed by atoms with Gasteiger partial charge in [-0.1, -0.05) is 29.8 Å². The number of nitrogens with one attached hydrogen (secondary N) is 2. The van der Waals surface area contributed by atoms with Crippen LogP contribution >= 0.6 is 19.8 Å². The van der Waals surface area contributed by atoms with Gasteiger partial charge in [-0.15, -0.1) is 0 Å². The maximum Gasteiger partial charge on any atom is 0.342 e. The smallest absolute Gasteiger partial charge is 0.342 e. The van der Waals surface area contributed by atoms with Crippen molar-refractivity contribution in [1.82, 2.24) is 10.6 Å². The molecule has 0 bridgehead atoms. The minimum Gasteiger partial charge on any atom is -0.354 e. The van der Waals surface area contributed by atoms with Gasteiger partial charge in [-0.05, 0) is 44.0 Å². The summed E-state index contributed by atoms with van der Waals surface area (Å²) in [4.78, 5) is 23.7. The zero-order valence-corrected chi connectivity index (χ0v) is 19.2. The molecule has 3 N–H and O–H groups in total. The van der Waals surface area contributed by atoms with Crippen LogP contribution in [0, 0.1) is 10.5 Å². The molecule has 0 fully saturated rings. The molecule has 0 aliphatic rings. The molecule has 2 rings (SSSR count). The molecule has 9 nitrogen and oxygen atoms in total. The molecular formula is C19H21IN2O7S. The molecule has 0 spiro atoms. The van der Waals surface area contributed by atoms with E-state index in [4.69, 9.17) is 0 Å². The van der Waals surface area contributed by atoms with E-state index in [0.29, 0.717) is 13.0 Å². The Bertz CT molecular complexity index is 1120. The molecule has 0 aliphatic carbocycles. The summed E-state index contributed by atoms with van der Waals surface area (Å²) in [7, 11) is -4.84. The predicted molar refractivity (Wildman–Crippen MR) is 115 cm³/mol. The Morgan fingerprint density at radius 2 is 1.73 bits per heavy atom. The Balaban J connectivity index is 2.00. The van der Waals surface area contributed by atoms with Crippen LogP contribution in [0.1, 0.15) is 28.4 Å². The van der Waals surface area contributed by atoms with Crippen LogP contribution in [0.4, 0.5) is 0 Å². The summed E-state index contributed by atoms with van der Waals surface area (Å²) >= 11 is -4.22. The van der Waals surface area contributed by atoms with Crippen LogP contribution in [0.2, 0.25) is 0 Å². The molecule has 0 unspecified atom stereocenters. The van der Waals surface area contributed by atoms with Crippen molar-refractivity contribution in [2.45, 2.75) is 31.2 Å². The molecule has 2 aromatic rings. The van der Waals surface area contributed by atoms with Gasteiger partial charge in [-0.25, -0.2) is 6.14 Å². The second kappa shape index (κ2) is 10.1. The van der Waals surface area contributed by atoms with Crippen LogP contribution in [0.3, 0.4) is 0 Å². The molecule has 0 aromatic heterocycles. The fourth-order valence-corrected chi connectivity index (χ4v) is 5.46. The van der Waals surface area contributed by atoms with E-state index in [0.717, 1.165) is 29.3 Å². The Kier molecular flexibility index (Phi) is 8.03. The van der Waals surface area contributed by atoms with Gasteiger partial charge in [-0.2, -0.15) is 8.42 Å². The fraction of sp³-hybridized carbons (Fsp3) is 0.263. The maximum atomic E-state index is 12.3. The molecule has 162 valence electrons. The predicted octanol–water partition coefficient (Wildman–Crippen LogP) is 2.09. The number of carbonyl (C=O) groups is 2. The highest BCUT2D eigenvalue weighted by Gasteiger charge is 2.23. The Labute approximate surface area is 181 Å². The molecule has 11 heteroatoms. The second-order valence-corrected chi connectivity index (χ2v) is 10.4. The summed E-state index contributed by atoms with van der Waals surface area (Å²) in [6, 6.07) is 9.75. The fourth-order valence-electron chi connectivity index (χ4n) is 2.55. The average Bonchev–Trinajstić information content (AvgIpc) is 2.68. The first-order valence-corrected chi connectivity index (χ1v) is 13.1. The van der Waals surface area contributed by atoms with E-state index in [2.05, 4.69) is 10.6 Å². The lowest BCUT2D eigenvalue weighted by molar-refractivity contribution is -0.122. The number of amides is 2. The van der Waals surface area contributed by atoms with E-state index in [1.165, 1.54) is 6.92 Å². The van der Waals surface area contributed by atoms with Crippen molar-refractivity contribution in [2.24, 2.45) is 0 Å². The number of benzene rings is 2. The molecule has 30 heavy (non-hydrogen) atoms. The summed E-state index contributed by atoms with van der Waals surface area (Å²) in [5.74, 6) is -1.22. The van der Waals surface area contributed by atoms with Gasteiger partial charge >= 0.3 is 19.8 Å². The largest absolute Gasteiger partial charge is 0.354 e. The van der Waals surface area contributed by atoms with Crippen LogP contribution in [-0.2, 0) is 27.5 Å². The summed E-state index contributed by atoms with van der Waals surface area (Å²) in [6.07, 6.45) is 0.613. The lowest BCUT2D eigenvalue weighted by Gasteiger charge is -2.14. The second-order valence-electron chi connectivity index (χ2n) is 6.56. The molecule has 2 aromatic carbocycles. The van der Waals surface area contributed by atoms with Crippen molar-refractivity contribution in [3.63, 3.8) is 0 Å². The molecule has 0 aliphatic heterocycles. The van der Waals surface area contributed by atoms with Gasteiger partial charge in [0, 0.05) is 12.1 Å². The third kappa shape index (κ3) is 6.57. The Morgan fingerprint density at radius 1 is 1.10 bits per heavy atom. The summed E-state index contributed by atoms with van der Waals surface area (Å²) < 4.78 is 54.0. The third-order valence-corrected chi connectivity index (χ3v) is 7.36. The topological polar surface area (TPSA) is 147 Å². The van der Waals surface area contributed by atoms with Gasteiger partial charge in [0.25, 0.3) is 16.0 Å². The molecule has 2 amide bonds. The van der Waals surface area contributed by atoms with Gasteiger partial charge in [0.05, 0.1) is 3.57 Å². The van der Waals surface area contributed by atoms with E-state index in [9.17, 15) is 28.7 Å². The van der Waals surface area contributed by atoms with Gasteiger partial charge in [-0.3, -0.25) is 14.1 Å². The van der Waals surface area contributed by atoms with Crippen molar-refractivity contribution < 1.29 is 28.7 Å². The average molecular weight is 548 g/mol. The summed E-state index contributed by atoms with van der Waals surface area (Å²) in [5, 5.41) is 5.10. The first-order valence-electron chi connectivity index (χ1n) is 8.80. The Morgan fingerprint density at radius 3 is 2.30 bits per heavy atom. The van der Waals surface area contributed by atoms with Crippen LogP contribution < -0.4 is 10.6 Å². The third-order valence-electron chi connectivity index (χ3n) is 4.21. The van der Waals surface area contributed by atoms with Crippen molar-refractivity contribution in [3.8, 4) is 0 Å². The lowest BCUT2D eigenvalue weighted by Crippen LogP contribution is -2.45. The lowest BCUT2D eigenvalue weighted by atomic mass is 10.1. The van der Waals surface area contributed by atoms with Gasteiger partial charge in [0.1, 0.15) is 10.9 Å². The van der Waals surface area contributed by atoms with Crippen LogP contribution in [0.15, 0.2) is 47.4 Å². The SMILES string of the molecule is Cc1ccc(CCNC(=O)[C@@H](C)NC(=O)c2ccc(I(=O)=O)c(S(=O)(=O)O)c2)cc1. The number of hydrogen-bond donors (Lipinski definition) is 3. The minimum atomic E-state index is -4.84. The molecule has 0 saturated heterocycles. The maximum absolute atomic E-state index is 12.3. The summed E-state index contributed by atoms with van der Waals surface area (Å²) in [5.41, 5.74) is 1.98. The van der Waals surface area contributed by atoms with Crippen LogP contribution in [0.5, 0.6) is 0 Å². The van der Waals surface area contributed by atoms with E-state index in [1.54, 1.807) is 0 Å². The first kappa shape index (κ1) is 23.9. The van der Waals surface area contributed by atoms with E-state index in [-0.39, 0.29) is 5.56 Å². The number of carbonyl (C=O) groups excluding carboxylic acids is 2. The van der Waals surface area contributed by atoms with Crippen molar-refractivity contribution in [3.05, 3.63) is 62.7 Å². The molecule has 0 radical (unpaired) electrons. The van der Waals surface area contributed by atoms with Crippen LogP contribution in [-0.4, -0.2) is 37.4 Å². The molecule has 0 heterocycles. The minimum absolute atomic E-state index is 0.205. The van der Waals surface area contributed by atoms with Gasteiger partial charge in [0.2, 0.25) is 5.91 Å². The van der Waals surface area contributed by atoms with Crippen LogP contribution in [0.25, 0.3) is 0 Å². The summed E-state index contributed by atoms with van der Waals surface area (Å²) in [6.45, 7) is 3.80. The quantitative estimate of drug-likeness (QED) is 0.338. The van der Waals surface area contributed by atoms with Gasteiger partial charge < -0.3 is 10.6 Å². The first-order chi connectivity index (χ1) is 14.0. The highest BCUT2D eigenvalue weighted by atomic mass is 127. The zero-order valence-electron chi connectivity index (χ0n) is 16.2. The molecule has 0 saturated carbocycles. The highest BCUT2D eigenvalue weighted by Crippen LogP contribution is 2.26. The number of rotatable bonds is 8. The van der Waals surface area contributed by atoms with Gasteiger partial charge in [0.15, 0.2) is 0 Å². The molecule has 1 atom stereocenters. The monoisotopic (exact) mass is 548 g/mol. The number of aryl methyl sites for hydroxylation is 1. The van der Waals surface area contributed by atoms with Crippen molar-refractivity contribution in [1.29, 1.82) is 0 Å². The Hall–Kier alpha value is -2.38. The van der Waals surface area contributed by atoms with E-state index in [1.807, 2.05) is 31.2 Å². The van der Waals surface area contributed by atoms with E-state index >= 15 is 0 Å². The zero-order chi connectivity index (χ0) is 22.5. The number of hydrogen-bond acceptors (Lipinski definition) is 6. The van der Waals surface area contributed by atoms with Crippen molar-refractivity contribution in [2.75, 3.05) is 6.54 Å².